The van der Waals surface area contributed by atoms with Crippen LogP contribution in [0.1, 0.15) is 5.56 Å². The van der Waals surface area contributed by atoms with Gasteiger partial charge in [-0.25, -0.2) is 0 Å². The van der Waals surface area contributed by atoms with E-state index in [9.17, 15) is 18.0 Å². The molecule has 1 atom stereocenters. The first-order chi connectivity index (χ1) is 9.78. The molecule has 0 bridgehead atoms. The summed E-state index contributed by atoms with van der Waals surface area (Å²) in [7, 11) is -3.14. The average Bonchev–Trinajstić information content (AvgIpc) is 2.42. The third-order valence-corrected chi connectivity index (χ3v) is 4.11. The molecule has 114 valence electrons. The minimum Gasteiger partial charge on any atom is -0.349 e. The summed E-state index contributed by atoms with van der Waals surface area (Å²) in [6.07, 6.45) is -0.311. The maximum Gasteiger partial charge on any atom is 1.00 e. The summed E-state index contributed by atoms with van der Waals surface area (Å²) in [6, 6.07) is 5.57. The summed E-state index contributed by atoms with van der Waals surface area (Å²) >= 11 is 0. The van der Waals surface area contributed by atoms with Gasteiger partial charge in [-0.15, -0.1) is 0 Å². The summed E-state index contributed by atoms with van der Waals surface area (Å²) in [5, 5.41) is 4.85. The molecule has 22 heavy (non-hydrogen) atoms. The summed E-state index contributed by atoms with van der Waals surface area (Å²) in [6.45, 7) is 0.133. The fourth-order valence-electron chi connectivity index (χ4n) is 1.98. The number of nitrogens with one attached hydrogen (secondary N) is 2. The monoisotopic (exact) mass is 337 g/mol. The molecule has 0 aliphatic carbocycles. The van der Waals surface area contributed by atoms with E-state index in [0.717, 1.165) is 0 Å². The Morgan fingerprint density at radius 3 is 2.55 bits per heavy atom. The van der Waals surface area contributed by atoms with Crippen molar-refractivity contribution in [3.63, 3.8) is 0 Å². The van der Waals surface area contributed by atoms with Gasteiger partial charge in [0, 0.05) is 7.11 Å². The van der Waals surface area contributed by atoms with Crippen LogP contribution in [0.15, 0.2) is 29.2 Å². The van der Waals surface area contributed by atoms with Gasteiger partial charge in [0.05, 0.1) is 17.9 Å². The summed E-state index contributed by atoms with van der Waals surface area (Å²) in [5.74, 6) is -1.07. The van der Waals surface area contributed by atoms with Crippen LogP contribution in [-0.4, -0.2) is 44.2 Å². The van der Waals surface area contributed by atoms with E-state index in [0.29, 0.717) is 0 Å². The van der Waals surface area contributed by atoms with Crippen LogP contribution < -0.4 is 40.2 Å². The molecule has 8 nitrogen and oxygen atoms in total. The van der Waals surface area contributed by atoms with Gasteiger partial charge in [0.25, 0.3) is 16.0 Å². The molecule has 1 heterocycles. The number of benzene rings is 1. The largest absolute Gasteiger partial charge is 1.00 e. The second-order valence-electron chi connectivity index (χ2n) is 4.52. The van der Waals surface area contributed by atoms with Gasteiger partial charge >= 0.3 is 29.6 Å². The third kappa shape index (κ3) is 3.86. The van der Waals surface area contributed by atoms with E-state index in [-0.39, 0.29) is 53.0 Å². The fourth-order valence-corrected chi connectivity index (χ4v) is 2.70. The SMILES string of the molecule is COC1(NC(=O)Cc2ccccc2S(=O)(=O)O)CNC1=O.[Na+]. The number of carbonyl (C=O) groups excluding carboxylic acids is 2. The molecule has 1 fully saturated rings. The maximum absolute atomic E-state index is 12.0. The molecule has 1 unspecified atom stereocenters. The number of methoxy groups -OCH3 is 1. The zero-order valence-electron chi connectivity index (χ0n) is 12.1. The Morgan fingerprint density at radius 2 is 2.09 bits per heavy atom. The first-order valence-corrected chi connectivity index (χ1v) is 7.42. The van der Waals surface area contributed by atoms with Crippen LogP contribution in [0.4, 0.5) is 0 Å². The number of ether oxygens (including phenoxy) is 1. The molecule has 0 radical (unpaired) electrons. The van der Waals surface area contributed by atoms with E-state index in [2.05, 4.69) is 10.6 Å². The van der Waals surface area contributed by atoms with Gasteiger partial charge in [0.15, 0.2) is 0 Å². The molecule has 2 rings (SSSR count). The minimum absolute atomic E-state index is 0. The molecule has 0 aromatic heterocycles. The molecule has 1 aromatic rings. The van der Waals surface area contributed by atoms with Crippen molar-refractivity contribution in [1.82, 2.24) is 10.6 Å². The Bertz CT molecular complexity index is 689. The van der Waals surface area contributed by atoms with E-state index in [1.807, 2.05) is 0 Å². The van der Waals surface area contributed by atoms with Gasteiger partial charge in [-0.1, -0.05) is 18.2 Å². The molecular weight excluding hydrogens is 323 g/mol. The van der Waals surface area contributed by atoms with Gasteiger partial charge in [-0.05, 0) is 11.6 Å². The van der Waals surface area contributed by atoms with E-state index < -0.39 is 27.7 Å². The second-order valence-corrected chi connectivity index (χ2v) is 5.91. The molecular formula is C12H14N2NaO6S+. The zero-order valence-corrected chi connectivity index (χ0v) is 14.9. The molecule has 0 saturated carbocycles. The van der Waals surface area contributed by atoms with Gasteiger partial charge in [-0.2, -0.15) is 8.42 Å². The number of carbonyl (C=O) groups is 2. The van der Waals surface area contributed by atoms with Crippen molar-refractivity contribution in [2.24, 2.45) is 0 Å². The van der Waals surface area contributed by atoms with Crippen LogP contribution in [0.25, 0.3) is 0 Å². The van der Waals surface area contributed by atoms with Crippen molar-refractivity contribution in [3.8, 4) is 0 Å². The van der Waals surface area contributed by atoms with Crippen LogP contribution >= 0.6 is 0 Å². The van der Waals surface area contributed by atoms with E-state index in [1.165, 1.54) is 25.3 Å². The quantitative estimate of drug-likeness (QED) is 0.218. The van der Waals surface area contributed by atoms with Gasteiger partial charge in [0.2, 0.25) is 11.6 Å². The second kappa shape index (κ2) is 7.07. The number of hydrogen-bond donors (Lipinski definition) is 3. The van der Waals surface area contributed by atoms with Crippen molar-refractivity contribution in [3.05, 3.63) is 29.8 Å². The van der Waals surface area contributed by atoms with Crippen molar-refractivity contribution < 1.29 is 56.9 Å². The molecule has 1 aromatic carbocycles. The Kier molecular flexibility index (Phi) is 6.13. The van der Waals surface area contributed by atoms with Crippen LogP contribution in [0.5, 0.6) is 0 Å². The Labute approximate surface area is 149 Å². The zero-order chi connectivity index (χ0) is 15.7. The summed E-state index contributed by atoms with van der Waals surface area (Å²) < 4.78 is 36.6. The minimum atomic E-state index is -4.42. The number of hydrogen-bond acceptors (Lipinski definition) is 5. The van der Waals surface area contributed by atoms with E-state index >= 15 is 0 Å². The summed E-state index contributed by atoms with van der Waals surface area (Å²) in [5.41, 5.74) is -1.28. The molecule has 3 N–H and O–H groups in total. The Hall–Kier alpha value is -0.970. The van der Waals surface area contributed by atoms with E-state index in [4.69, 9.17) is 9.29 Å². The number of β-lactam (4-membered cyclic amide) rings is 1. The Morgan fingerprint density at radius 1 is 1.45 bits per heavy atom. The van der Waals surface area contributed by atoms with Gasteiger partial charge in [-0.3, -0.25) is 14.1 Å². The Balaban J connectivity index is 0.00000242. The van der Waals surface area contributed by atoms with E-state index in [1.54, 1.807) is 6.07 Å². The van der Waals surface area contributed by atoms with Gasteiger partial charge < -0.3 is 15.4 Å². The molecule has 1 aliphatic heterocycles. The van der Waals surface area contributed by atoms with Crippen molar-refractivity contribution in [2.45, 2.75) is 17.0 Å². The predicted octanol–water partition coefficient (Wildman–Crippen LogP) is -3.93. The van der Waals surface area contributed by atoms with Crippen LogP contribution in [0.3, 0.4) is 0 Å². The van der Waals surface area contributed by atoms with Crippen molar-refractivity contribution in [2.75, 3.05) is 13.7 Å². The third-order valence-electron chi connectivity index (χ3n) is 3.16. The first kappa shape index (κ1) is 19.1. The molecule has 2 amide bonds. The molecule has 1 aliphatic rings. The normalized spacial score (nSPS) is 20.4. The van der Waals surface area contributed by atoms with Crippen molar-refractivity contribution in [1.29, 1.82) is 0 Å². The van der Waals surface area contributed by atoms with Crippen molar-refractivity contribution >= 4 is 21.9 Å². The van der Waals surface area contributed by atoms with Crippen LogP contribution in [0.2, 0.25) is 0 Å². The fraction of sp³-hybridized carbons (Fsp3) is 0.333. The standard InChI is InChI=1S/C12H14N2O6S.Na/c1-20-12(7-13-11(12)16)14-10(15)6-8-4-2-3-5-9(8)21(17,18)19;/h2-5H,6-7H2,1H3,(H,13,16)(H,14,15)(H,17,18,19);/q;+1. The smallest absolute Gasteiger partial charge is 0.349 e. The molecule has 1 saturated heterocycles. The average molecular weight is 337 g/mol. The molecule has 0 spiro atoms. The van der Waals surface area contributed by atoms with Gasteiger partial charge in [0.1, 0.15) is 0 Å². The predicted molar refractivity (Wildman–Crippen MR) is 70.9 cm³/mol. The number of amides is 2. The first-order valence-electron chi connectivity index (χ1n) is 5.98. The summed E-state index contributed by atoms with van der Waals surface area (Å²) in [4.78, 5) is 23.0. The van der Waals surface area contributed by atoms with Crippen LogP contribution in [0, 0.1) is 0 Å². The molecule has 10 heteroatoms. The van der Waals surface area contributed by atoms with Crippen LogP contribution in [-0.2, 0) is 30.9 Å². The maximum atomic E-state index is 12.0. The topological polar surface area (TPSA) is 122 Å². The number of rotatable bonds is 5.